The van der Waals surface area contributed by atoms with Crippen LogP contribution in [0.3, 0.4) is 0 Å². The number of nitrogens with zero attached hydrogens (tertiary/aromatic N) is 1. The number of benzene rings is 1. The number of aliphatic hydroxyl groups is 1. The lowest BCUT2D eigenvalue weighted by Crippen LogP contribution is -2.22. The molecule has 4 heteroatoms. The highest BCUT2D eigenvalue weighted by atomic mass is 16.5. The smallest absolute Gasteiger partial charge is 0.127 e. The van der Waals surface area contributed by atoms with E-state index in [0.717, 1.165) is 43.0 Å². The molecular weight excluding hydrogens is 254 g/mol. The van der Waals surface area contributed by atoms with Crippen LogP contribution in [-0.2, 0) is 13.0 Å². The molecule has 1 aromatic rings. The number of hydrogen-bond acceptors (Lipinski definition) is 4. The monoisotopic (exact) mass is 279 g/mol. The zero-order valence-corrected chi connectivity index (χ0v) is 12.8. The third-order valence-electron chi connectivity index (χ3n) is 3.65. The van der Waals surface area contributed by atoms with Gasteiger partial charge in [-0.2, -0.15) is 0 Å². The van der Waals surface area contributed by atoms with Crippen molar-refractivity contribution in [3.63, 3.8) is 0 Å². The third kappa shape index (κ3) is 3.64. The maximum absolute atomic E-state index is 9.37. The Kier molecular flexibility index (Phi) is 4.89. The highest BCUT2D eigenvalue weighted by Crippen LogP contribution is 2.36. The van der Waals surface area contributed by atoms with E-state index in [1.54, 1.807) is 7.11 Å². The van der Waals surface area contributed by atoms with Crippen LogP contribution in [0.5, 0.6) is 11.5 Å². The summed E-state index contributed by atoms with van der Waals surface area (Å²) in [6.07, 6.45) is 1.69. The van der Waals surface area contributed by atoms with Crippen LogP contribution in [0, 0.1) is 0 Å². The first-order valence-corrected chi connectivity index (χ1v) is 7.22. The largest absolute Gasteiger partial charge is 0.497 e. The van der Waals surface area contributed by atoms with Crippen molar-refractivity contribution in [3.8, 4) is 11.5 Å². The van der Waals surface area contributed by atoms with Gasteiger partial charge in [0.25, 0.3) is 0 Å². The van der Waals surface area contributed by atoms with Crippen molar-refractivity contribution in [3.05, 3.63) is 23.3 Å². The Morgan fingerprint density at radius 1 is 1.50 bits per heavy atom. The molecule has 112 valence electrons. The molecule has 1 heterocycles. The van der Waals surface area contributed by atoms with Crippen molar-refractivity contribution in [2.45, 2.75) is 45.4 Å². The first-order valence-electron chi connectivity index (χ1n) is 7.22. The fourth-order valence-electron chi connectivity index (χ4n) is 2.59. The lowest BCUT2D eigenvalue weighted by atomic mass is 10.1. The van der Waals surface area contributed by atoms with Gasteiger partial charge >= 0.3 is 0 Å². The van der Waals surface area contributed by atoms with E-state index < -0.39 is 0 Å². The molecular formula is C16H25NO3. The fourth-order valence-corrected chi connectivity index (χ4v) is 2.59. The van der Waals surface area contributed by atoms with Crippen LogP contribution in [0.25, 0.3) is 0 Å². The molecule has 1 N–H and O–H groups in total. The van der Waals surface area contributed by atoms with E-state index in [4.69, 9.17) is 9.47 Å². The summed E-state index contributed by atoms with van der Waals surface area (Å²) in [6.45, 7) is 5.58. The fraction of sp³-hybridized carbons (Fsp3) is 0.625. The molecule has 1 aliphatic rings. The first kappa shape index (κ1) is 15.1. The van der Waals surface area contributed by atoms with Gasteiger partial charge in [0.1, 0.15) is 17.6 Å². The molecule has 4 nitrogen and oxygen atoms in total. The van der Waals surface area contributed by atoms with E-state index in [2.05, 4.69) is 31.0 Å². The Labute approximate surface area is 121 Å². The van der Waals surface area contributed by atoms with Crippen LogP contribution in [0.2, 0.25) is 0 Å². The average Bonchev–Trinajstić information content (AvgIpc) is 2.76. The van der Waals surface area contributed by atoms with Crippen molar-refractivity contribution in [1.29, 1.82) is 0 Å². The SMILES string of the molecule is COc1cc2c(c(CN(C)CCC(C)O)c1)OC(C)C2. The Balaban J connectivity index is 2.13. The van der Waals surface area contributed by atoms with E-state index in [1.165, 1.54) is 5.56 Å². The lowest BCUT2D eigenvalue weighted by Gasteiger charge is -2.20. The van der Waals surface area contributed by atoms with Gasteiger partial charge in [-0.05, 0) is 39.4 Å². The number of ether oxygens (including phenoxy) is 2. The van der Waals surface area contributed by atoms with Crippen molar-refractivity contribution in [2.75, 3.05) is 20.7 Å². The van der Waals surface area contributed by atoms with Gasteiger partial charge in [0.05, 0.1) is 13.2 Å². The molecule has 0 aliphatic carbocycles. The summed E-state index contributed by atoms with van der Waals surface area (Å²) in [5.74, 6) is 1.91. The van der Waals surface area contributed by atoms with Gasteiger partial charge in [0.2, 0.25) is 0 Å². The van der Waals surface area contributed by atoms with Gasteiger partial charge in [-0.1, -0.05) is 0 Å². The Morgan fingerprint density at radius 2 is 2.25 bits per heavy atom. The third-order valence-corrected chi connectivity index (χ3v) is 3.65. The number of aliphatic hydroxyl groups excluding tert-OH is 1. The second kappa shape index (κ2) is 6.46. The Morgan fingerprint density at radius 3 is 2.90 bits per heavy atom. The zero-order chi connectivity index (χ0) is 14.7. The van der Waals surface area contributed by atoms with Crippen LogP contribution < -0.4 is 9.47 Å². The standard InChI is InChI=1S/C16H25NO3/c1-11(18)5-6-17(3)10-14-9-15(19-4)8-13-7-12(2)20-16(13)14/h8-9,11-12,18H,5-7,10H2,1-4H3. The molecule has 0 amide bonds. The predicted octanol–water partition coefficient (Wildman–Crippen LogP) is 2.22. The van der Waals surface area contributed by atoms with Crippen molar-refractivity contribution < 1.29 is 14.6 Å². The highest BCUT2D eigenvalue weighted by Gasteiger charge is 2.23. The van der Waals surface area contributed by atoms with Crippen LogP contribution in [0.4, 0.5) is 0 Å². The van der Waals surface area contributed by atoms with Crippen LogP contribution in [0.15, 0.2) is 12.1 Å². The molecule has 1 aliphatic heterocycles. The van der Waals surface area contributed by atoms with Gasteiger partial charge in [-0.3, -0.25) is 0 Å². The Hall–Kier alpha value is -1.26. The normalized spacial score (nSPS) is 18.8. The summed E-state index contributed by atoms with van der Waals surface area (Å²) in [7, 11) is 3.76. The molecule has 0 spiro atoms. The Bertz CT molecular complexity index is 459. The molecule has 0 saturated carbocycles. The molecule has 1 aromatic carbocycles. The molecule has 2 rings (SSSR count). The summed E-state index contributed by atoms with van der Waals surface area (Å²) in [5, 5.41) is 9.37. The van der Waals surface area contributed by atoms with Crippen molar-refractivity contribution >= 4 is 0 Å². The van der Waals surface area contributed by atoms with Crippen LogP contribution >= 0.6 is 0 Å². The summed E-state index contributed by atoms with van der Waals surface area (Å²) in [6, 6.07) is 4.12. The molecule has 0 saturated heterocycles. The maximum Gasteiger partial charge on any atom is 0.127 e. The second-order valence-corrected chi connectivity index (χ2v) is 5.78. The summed E-state index contributed by atoms with van der Waals surface area (Å²) in [4.78, 5) is 2.20. The highest BCUT2D eigenvalue weighted by molar-refractivity contribution is 5.49. The molecule has 0 aromatic heterocycles. The summed E-state index contributed by atoms with van der Waals surface area (Å²) >= 11 is 0. The minimum atomic E-state index is -0.259. The van der Waals surface area contributed by atoms with Gasteiger partial charge in [0, 0.05) is 30.6 Å². The molecule has 0 radical (unpaired) electrons. The van der Waals surface area contributed by atoms with E-state index in [0.29, 0.717) is 0 Å². The predicted molar refractivity (Wildman–Crippen MR) is 79.4 cm³/mol. The molecule has 0 bridgehead atoms. The van der Waals surface area contributed by atoms with Crippen LogP contribution in [-0.4, -0.2) is 42.9 Å². The first-order chi connectivity index (χ1) is 9.49. The zero-order valence-electron chi connectivity index (χ0n) is 12.8. The van der Waals surface area contributed by atoms with E-state index >= 15 is 0 Å². The summed E-state index contributed by atoms with van der Waals surface area (Å²) in [5.41, 5.74) is 2.40. The average molecular weight is 279 g/mol. The van der Waals surface area contributed by atoms with E-state index in [-0.39, 0.29) is 12.2 Å². The van der Waals surface area contributed by atoms with Crippen molar-refractivity contribution in [2.24, 2.45) is 0 Å². The molecule has 20 heavy (non-hydrogen) atoms. The number of hydrogen-bond donors (Lipinski definition) is 1. The number of rotatable bonds is 6. The van der Waals surface area contributed by atoms with Crippen LogP contribution in [0.1, 0.15) is 31.4 Å². The quantitative estimate of drug-likeness (QED) is 0.867. The van der Waals surface area contributed by atoms with Gasteiger partial charge in [-0.25, -0.2) is 0 Å². The summed E-state index contributed by atoms with van der Waals surface area (Å²) < 4.78 is 11.3. The second-order valence-electron chi connectivity index (χ2n) is 5.78. The molecule has 0 fully saturated rings. The van der Waals surface area contributed by atoms with E-state index in [9.17, 15) is 5.11 Å². The van der Waals surface area contributed by atoms with Crippen molar-refractivity contribution in [1.82, 2.24) is 4.90 Å². The maximum atomic E-state index is 9.37. The minimum Gasteiger partial charge on any atom is -0.497 e. The van der Waals surface area contributed by atoms with E-state index in [1.807, 2.05) is 6.92 Å². The van der Waals surface area contributed by atoms with Gasteiger partial charge in [-0.15, -0.1) is 0 Å². The topological polar surface area (TPSA) is 41.9 Å². The lowest BCUT2D eigenvalue weighted by molar-refractivity contribution is 0.162. The number of methoxy groups -OCH3 is 1. The number of fused-ring (bicyclic) bond motifs is 1. The minimum absolute atomic E-state index is 0.235. The van der Waals surface area contributed by atoms with Gasteiger partial charge < -0.3 is 19.5 Å². The molecule has 2 unspecified atom stereocenters. The molecule has 2 atom stereocenters. The van der Waals surface area contributed by atoms with Gasteiger partial charge in [0.15, 0.2) is 0 Å².